The largest absolute Gasteiger partial charge is 0.497 e. The number of nitrogens with two attached hydrogens (primary N) is 2. The smallest absolute Gasteiger partial charge is 0.273 e. The number of anilines is 2. The summed E-state index contributed by atoms with van der Waals surface area (Å²) in [5.74, 6) is -1.42. The SMILES string of the molecule is COc1cccc(N(C(=O)c2snc(C(N)=O)c2N)[C@H](C(=O)NC[C@H]2CCCO2)c2ccc3ncccc3c2)c1. The van der Waals surface area contributed by atoms with Gasteiger partial charge in [-0.05, 0) is 60.3 Å². The second-order valence-corrected chi connectivity index (χ2v) is 10.0. The van der Waals surface area contributed by atoms with E-state index in [0.717, 1.165) is 35.3 Å². The zero-order chi connectivity index (χ0) is 28.2. The fourth-order valence-electron chi connectivity index (χ4n) is 4.68. The van der Waals surface area contributed by atoms with Crippen molar-refractivity contribution in [1.29, 1.82) is 0 Å². The third kappa shape index (κ3) is 5.44. The lowest BCUT2D eigenvalue weighted by atomic mass is 10.00. The summed E-state index contributed by atoms with van der Waals surface area (Å²) in [6.07, 6.45) is 3.33. The number of fused-ring (bicyclic) bond motifs is 1. The van der Waals surface area contributed by atoms with E-state index in [1.807, 2.05) is 12.1 Å². The molecule has 3 heterocycles. The van der Waals surface area contributed by atoms with Crippen molar-refractivity contribution in [2.24, 2.45) is 5.73 Å². The van der Waals surface area contributed by atoms with Crippen LogP contribution < -0.4 is 26.4 Å². The number of hydrogen-bond acceptors (Lipinski definition) is 9. The number of methoxy groups -OCH3 is 1. The molecular weight excluding hydrogens is 532 g/mol. The van der Waals surface area contributed by atoms with Crippen molar-refractivity contribution in [2.75, 3.05) is 30.9 Å². The fraction of sp³-hybridized carbons (Fsp3) is 0.250. The highest BCUT2D eigenvalue weighted by molar-refractivity contribution is 7.09. The number of carbonyl (C=O) groups excluding carboxylic acids is 3. The Kier molecular flexibility index (Phi) is 7.89. The first-order valence-electron chi connectivity index (χ1n) is 12.6. The molecule has 0 unspecified atom stereocenters. The molecule has 0 bridgehead atoms. The molecule has 0 spiro atoms. The second-order valence-electron chi connectivity index (χ2n) is 9.25. The molecule has 3 amide bonds. The minimum atomic E-state index is -1.14. The van der Waals surface area contributed by atoms with Gasteiger partial charge in [0.15, 0.2) is 5.69 Å². The van der Waals surface area contributed by atoms with Gasteiger partial charge in [0.25, 0.3) is 11.8 Å². The number of ether oxygens (including phenoxy) is 2. The molecule has 1 aliphatic rings. The molecule has 4 aromatic rings. The Morgan fingerprint density at radius 3 is 2.77 bits per heavy atom. The van der Waals surface area contributed by atoms with E-state index in [1.165, 1.54) is 12.0 Å². The number of benzene rings is 2. The summed E-state index contributed by atoms with van der Waals surface area (Å²) in [6.45, 7) is 0.933. The summed E-state index contributed by atoms with van der Waals surface area (Å²) in [5, 5.41) is 3.77. The van der Waals surface area contributed by atoms with Crippen LogP contribution in [0.15, 0.2) is 60.8 Å². The fourth-order valence-corrected chi connectivity index (χ4v) is 5.42. The minimum absolute atomic E-state index is 0.0176. The molecule has 2 aromatic carbocycles. The monoisotopic (exact) mass is 560 g/mol. The van der Waals surface area contributed by atoms with Crippen LogP contribution >= 0.6 is 11.5 Å². The number of nitrogen functional groups attached to an aromatic ring is 1. The average Bonchev–Trinajstić information content (AvgIpc) is 3.63. The molecule has 2 atom stereocenters. The van der Waals surface area contributed by atoms with E-state index in [1.54, 1.807) is 48.7 Å². The number of amides is 3. The van der Waals surface area contributed by atoms with Gasteiger partial charge >= 0.3 is 0 Å². The van der Waals surface area contributed by atoms with Crippen molar-refractivity contribution in [3.05, 3.63) is 76.9 Å². The molecule has 5 rings (SSSR count). The Labute approximate surface area is 234 Å². The van der Waals surface area contributed by atoms with Crippen molar-refractivity contribution in [3.8, 4) is 5.75 Å². The third-order valence-corrected chi connectivity index (χ3v) is 7.53. The standard InChI is InChI=1S/C28H28N6O5S/c1-38-19-7-2-6-18(14-19)34(28(37)25-22(29)23(26(30)35)33-40-25)24(27(36)32-15-20-8-4-12-39-20)17-9-10-21-16(13-17)5-3-11-31-21/h2-3,5-7,9-11,13-14,20,24H,4,8,12,15,29H2,1H3,(H2,30,35)(H,32,36)/t20-,24+/m1/s1. The number of hydrogen-bond donors (Lipinski definition) is 3. The van der Waals surface area contributed by atoms with E-state index >= 15 is 0 Å². The van der Waals surface area contributed by atoms with Gasteiger partial charge in [-0.3, -0.25) is 24.3 Å². The first-order valence-corrected chi connectivity index (χ1v) is 13.4. The molecule has 2 aromatic heterocycles. The lowest BCUT2D eigenvalue weighted by Gasteiger charge is -2.32. The topological polar surface area (TPSA) is 163 Å². The van der Waals surface area contributed by atoms with Gasteiger partial charge < -0.3 is 26.3 Å². The molecule has 0 radical (unpaired) electrons. The quantitative estimate of drug-likeness (QED) is 0.281. The maximum Gasteiger partial charge on any atom is 0.273 e. The van der Waals surface area contributed by atoms with E-state index < -0.39 is 23.8 Å². The van der Waals surface area contributed by atoms with Crippen LogP contribution in [-0.4, -0.2) is 53.4 Å². The number of primary amides is 1. The number of pyridine rings is 1. The number of nitrogens with one attached hydrogen (secondary N) is 1. The zero-order valence-corrected chi connectivity index (χ0v) is 22.5. The summed E-state index contributed by atoms with van der Waals surface area (Å²) < 4.78 is 15.1. The Hall–Kier alpha value is -4.55. The highest BCUT2D eigenvalue weighted by Crippen LogP contribution is 2.35. The molecule has 1 aliphatic heterocycles. The van der Waals surface area contributed by atoms with Gasteiger partial charge in [0.2, 0.25) is 5.91 Å². The predicted molar refractivity (Wildman–Crippen MR) is 151 cm³/mol. The van der Waals surface area contributed by atoms with Crippen LogP contribution in [0.25, 0.3) is 10.9 Å². The van der Waals surface area contributed by atoms with Crippen LogP contribution in [0.5, 0.6) is 5.75 Å². The van der Waals surface area contributed by atoms with Gasteiger partial charge in [-0.2, -0.15) is 4.37 Å². The highest BCUT2D eigenvalue weighted by Gasteiger charge is 2.36. The predicted octanol–water partition coefficient (Wildman–Crippen LogP) is 3.06. The number of rotatable bonds is 9. The summed E-state index contributed by atoms with van der Waals surface area (Å²) in [6, 6.07) is 14.7. The van der Waals surface area contributed by atoms with E-state index in [-0.39, 0.29) is 22.4 Å². The second kappa shape index (κ2) is 11.7. The molecule has 1 saturated heterocycles. The molecular formula is C28H28N6O5S. The zero-order valence-electron chi connectivity index (χ0n) is 21.7. The van der Waals surface area contributed by atoms with Crippen LogP contribution in [0.2, 0.25) is 0 Å². The van der Waals surface area contributed by atoms with Crippen LogP contribution in [0.3, 0.4) is 0 Å². The van der Waals surface area contributed by atoms with Crippen molar-refractivity contribution in [2.45, 2.75) is 25.0 Å². The van der Waals surface area contributed by atoms with Gasteiger partial charge in [0.05, 0.1) is 24.4 Å². The molecule has 1 fully saturated rings. The maximum atomic E-state index is 14.3. The van der Waals surface area contributed by atoms with Gasteiger partial charge in [0, 0.05) is 36.5 Å². The molecule has 0 saturated carbocycles. The van der Waals surface area contributed by atoms with Crippen molar-refractivity contribution in [1.82, 2.24) is 14.7 Å². The molecule has 40 heavy (non-hydrogen) atoms. The van der Waals surface area contributed by atoms with Crippen LogP contribution in [0, 0.1) is 0 Å². The van der Waals surface area contributed by atoms with Gasteiger partial charge in [-0.1, -0.05) is 18.2 Å². The number of carbonyl (C=O) groups is 3. The number of aromatic nitrogens is 2. The van der Waals surface area contributed by atoms with Crippen LogP contribution in [0.1, 0.15) is 44.6 Å². The molecule has 206 valence electrons. The summed E-state index contributed by atoms with van der Waals surface area (Å²) in [7, 11) is 1.51. The normalized spacial score (nSPS) is 15.5. The first-order chi connectivity index (χ1) is 19.4. The molecule has 12 heteroatoms. The number of nitrogens with zero attached hydrogens (tertiary/aromatic N) is 3. The Morgan fingerprint density at radius 2 is 2.05 bits per heavy atom. The molecule has 5 N–H and O–H groups in total. The summed E-state index contributed by atoms with van der Waals surface area (Å²) in [5.41, 5.74) is 12.9. The van der Waals surface area contributed by atoms with Crippen molar-refractivity contribution >= 4 is 51.5 Å². The van der Waals surface area contributed by atoms with E-state index in [4.69, 9.17) is 20.9 Å². The van der Waals surface area contributed by atoms with Crippen molar-refractivity contribution in [3.63, 3.8) is 0 Å². The third-order valence-electron chi connectivity index (χ3n) is 6.68. The van der Waals surface area contributed by atoms with E-state index in [2.05, 4.69) is 14.7 Å². The van der Waals surface area contributed by atoms with E-state index in [0.29, 0.717) is 30.2 Å². The summed E-state index contributed by atoms with van der Waals surface area (Å²) in [4.78, 5) is 45.8. The van der Waals surface area contributed by atoms with Crippen molar-refractivity contribution < 1.29 is 23.9 Å². The lowest BCUT2D eigenvalue weighted by Crippen LogP contribution is -2.45. The van der Waals surface area contributed by atoms with E-state index in [9.17, 15) is 14.4 Å². The Balaban J connectivity index is 1.65. The lowest BCUT2D eigenvalue weighted by molar-refractivity contribution is -0.123. The average molecular weight is 561 g/mol. The maximum absolute atomic E-state index is 14.3. The van der Waals surface area contributed by atoms with Gasteiger partial charge in [0.1, 0.15) is 16.7 Å². The molecule has 11 nitrogen and oxygen atoms in total. The minimum Gasteiger partial charge on any atom is -0.497 e. The van der Waals surface area contributed by atoms with Gasteiger partial charge in [-0.25, -0.2) is 0 Å². The van der Waals surface area contributed by atoms with Crippen LogP contribution in [-0.2, 0) is 9.53 Å². The van der Waals surface area contributed by atoms with Crippen LogP contribution in [0.4, 0.5) is 11.4 Å². The Bertz CT molecular complexity index is 1570. The Morgan fingerprint density at radius 1 is 1.20 bits per heavy atom. The summed E-state index contributed by atoms with van der Waals surface area (Å²) >= 11 is 0.746. The van der Waals surface area contributed by atoms with Gasteiger partial charge in [-0.15, -0.1) is 0 Å². The highest BCUT2D eigenvalue weighted by atomic mass is 32.1. The first kappa shape index (κ1) is 27.0. The molecule has 0 aliphatic carbocycles.